The SMILES string of the molecule is N#Cc1ncn(-c2nc3c(cc2C(=O)O)CCC3)n1. The van der Waals surface area contributed by atoms with Crippen LogP contribution in [0, 0.1) is 11.3 Å². The molecule has 0 fully saturated rings. The first-order valence-electron chi connectivity index (χ1n) is 5.77. The van der Waals surface area contributed by atoms with Gasteiger partial charge in [0.25, 0.3) is 5.82 Å². The number of pyridine rings is 1. The molecule has 1 aliphatic rings. The number of nitrogens with zero attached hydrogens (tertiary/aromatic N) is 5. The smallest absolute Gasteiger partial charge is 0.339 e. The molecule has 2 aromatic heterocycles. The fraction of sp³-hybridized carbons (Fsp3) is 0.250. The van der Waals surface area contributed by atoms with Crippen molar-refractivity contribution in [3.05, 3.63) is 35.0 Å². The molecule has 1 aliphatic carbocycles. The highest BCUT2D eigenvalue weighted by Crippen LogP contribution is 2.24. The fourth-order valence-electron chi connectivity index (χ4n) is 2.21. The molecule has 0 saturated heterocycles. The maximum Gasteiger partial charge on any atom is 0.339 e. The van der Waals surface area contributed by atoms with Crippen LogP contribution in [0.2, 0.25) is 0 Å². The van der Waals surface area contributed by atoms with Gasteiger partial charge in [-0.15, -0.1) is 5.10 Å². The van der Waals surface area contributed by atoms with Gasteiger partial charge in [-0.05, 0) is 30.9 Å². The first kappa shape index (κ1) is 11.3. The second-order valence-electron chi connectivity index (χ2n) is 4.25. The molecule has 1 N–H and O–H groups in total. The van der Waals surface area contributed by atoms with Crippen LogP contribution in [0.3, 0.4) is 0 Å². The molecule has 3 rings (SSSR count). The summed E-state index contributed by atoms with van der Waals surface area (Å²) in [5, 5.41) is 21.8. The van der Waals surface area contributed by atoms with E-state index in [0.29, 0.717) is 0 Å². The van der Waals surface area contributed by atoms with Crippen LogP contribution in [0.15, 0.2) is 12.4 Å². The van der Waals surface area contributed by atoms with E-state index < -0.39 is 5.97 Å². The second kappa shape index (κ2) is 4.17. The summed E-state index contributed by atoms with van der Waals surface area (Å²) in [5.41, 5.74) is 1.95. The molecule has 7 heteroatoms. The van der Waals surface area contributed by atoms with E-state index in [1.165, 1.54) is 11.0 Å². The molecule has 7 nitrogen and oxygen atoms in total. The van der Waals surface area contributed by atoms with Gasteiger partial charge in [-0.25, -0.2) is 19.4 Å². The van der Waals surface area contributed by atoms with E-state index in [-0.39, 0.29) is 17.2 Å². The highest BCUT2D eigenvalue weighted by molar-refractivity contribution is 5.91. The fourth-order valence-corrected chi connectivity index (χ4v) is 2.21. The van der Waals surface area contributed by atoms with Crippen molar-refractivity contribution >= 4 is 5.97 Å². The number of carbonyl (C=O) groups is 1. The van der Waals surface area contributed by atoms with Crippen LogP contribution in [0.4, 0.5) is 0 Å². The van der Waals surface area contributed by atoms with Crippen LogP contribution in [0.1, 0.15) is 33.9 Å². The Morgan fingerprint density at radius 3 is 3.00 bits per heavy atom. The molecule has 19 heavy (non-hydrogen) atoms. The van der Waals surface area contributed by atoms with Crippen LogP contribution in [0.25, 0.3) is 5.82 Å². The molecule has 0 atom stereocenters. The highest BCUT2D eigenvalue weighted by atomic mass is 16.4. The second-order valence-corrected chi connectivity index (χ2v) is 4.25. The van der Waals surface area contributed by atoms with Crippen molar-refractivity contribution in [3.8, 4) is 11.9 Å². The van der Waals surface area contributed by atoms with E-state index >= 15 is 0 Å². The Balaban J connectivity index is 2.19. The molecule has 0 aromatic carbocycles. The zero-order chi connectivity index (χ0) is 13.4. The molecule has 94 valence electrons. The zero-order valence-electron chi connectivity index (χ0n) is 9.87. The predicted molar refractivity (Wildman–Crippen MR) is 62.9 cm³/mol. The van der Waals surface area contributed by atoms with E-state index in [9.17, 15) is 9.90 Å². The van der Waals surface area contributed by atoms with Gasteiger partial charge < -0.3 is 5.11 Å². The van der Waals surface area contributed by atoms with Gasteiger partial charge in [-0.1, -0.05) is 0 Å². The number of nitriles is 1. The van der Waals surface area contributed by atoms with E-state index in [4.69, 9.17) is 5.26 Å². The summed E-state index contributed by atoms with van der Waals surface area (Å²) >= 11 is 0. The lowest BCUT2D eigenvalue weighted by molar-refractivity contribution is 0.0696. The summed E-state index contributed by atoms with van der Waals surface area (Å²) in [6, 6.07) is 3.44. The van der Waals surface area contributed by atoms with Gasteiger partial charge in [0.1, 0.15) is 18.0 Å². The molecule has 0 bridgehead atoms. The van der Waals surface area contributed by atoms with Crippen LogP contribution in [-0.4, -0.2) is 30.8 Å². The van der Waals surface area contributed by atoms with E-state index in [2.05, 4.69) is 15.1 Å². The minimum atomic E-state index is -1.06. The Kier molecular flexibility index (Phi) is 2.49. The third-order valence-corrected chi connectivity index (χ3v) is 3.07. The lowest BCUT2D eigenvalue weighted by Crippen LogP contribution is -2.10. The minimum absolute atomic E-state index is 0.0152. The minimum Gasteiger partial charge on any atom is -0.478 e. The van der Waals surface area contributed by atoms with Crippen molar-refractivity contribution in [1.29, 1.82) is 5.26 Å². The number of fused-ring (bicyclic) bond motifs is 1. The first-order chi connectivity index (χ1) is 9.19. The Labute approximate surface area is 108 Å². The molecular formula is C12H9N5O2. The molecule has 0 aliphatic heterocycles. The zero-order valence-corrected chi connectivity index (χ0v) is 9.87. The average Bonchev–Trinajstić information content (AvgIpc) is 3.05. The maximum atomic E-state index is 11.3. The van der Waals surface area contributed by atoms with Gasteiger partial charge in [0, 0.05) is 5.69 Å². The average molecular weight is 255 g/mol. The van der Waals surface area contributed by atoms with Crippen molar-refractivity contribution < 1.29 is 9.90 Å². The number of hydrogen-bond donors (Lipinski definition) is 1. The number of rotatable bonds is 2. The molecule has 0 saturated carbocycles. The third-order valence-electron chi connectivity index (χ3n) is 3.07. The van der Waals surface area contributed by atoms with Crippen molar-refractivity contribution in [2.45, 2.75) is 19.3 Å². The number of aromatic nitrogens is 4. The summed E-state index contributed by atoms with van der Waals surface area (Å²) in [6.45, 7) is 0. The van der Waals surface area contributed by atoms with Gasteiger partial charge in [-0.3, -0.25) is 0 Å². The Morgan fingerprint density at radius 1 is 1.47 bits per heavy atom. The standard InChI is InChI=1S/C12H9N5O2/c13-5-10-14-6-17(16-10)11-8(12(18)19)4-7-2-1-3-9(7)15-11/h4,6H,1-3H2,(H,18,19). The maximum absolute atomic E-state index is 11.3. The van der Waals surface area contributed by atoms with E-state index in [0.717, 1.165) is 30.5 Å². The monoisotopic (exact) mass is 255 g/mol. The van der Waals surface area contributed by atoms with Crippen LogP contribution in [0.5, 0.6) is 0 Å². The van der Waals surface area contributed by atoms with E-state index in [1.807, 2.05) is 0 Å². The Morgan fingerprint density at radius 2 is 2.32 bits per heavy atom. The summed E-state index contributed by atoms with van der Waals surface area (Å²) in [5.74, 6) is -0.869. The van der Waals surface area contributed by atoms with Crippen molar-refractivity contribution in [2.75, 3.05) is 0 Å². The predicted octanol–water partition coefficient (Wildman–Crippen LogP) is 0.721. The lowest BCUT2D eigenvalue weighted by Gasteiger charge is -2.07. The van der Waals surface area contributed by atoms with Crippen molar-refractivity contribution in [2.24, 2.45) is 0 Å². The number of carboxylic acid groups (broad SMARTS) is 1. The quantitative estimate of drug-likeness (QED) is 0.847. The van der Waals surface area contributed by atoms with Crippen molar-refractivity contribution in [3.63, 3.8) is 0 Å². The first-order valence-corrected chi connectivity index (χ1v) is 5.77. The van der Waals surface area contributed by atoms with Gasteiger partial charge in [0.05, 0.1) is 0 Å². The summed E-state index contributed by atoms with van der Waals surface area (Å²) in [4.78, 5) is 19.4. The summed E-state index contributed by atoms with van der Waals surface area (Å²) in [6.07, 6.45) is 3.96. The Hall–Kier alpha value is -2.75. The van der Waals surface area contributed by atoms with Crippen LogP contribution >= 0.6 is 0 Å². The lowest BCUT2D eigenvalue weighted by atomic mass is 10.1. The van der Waals surface area contributed by atoms with Crippen molar-refractivity contribution in [1.82, 2.24) is 19.7 Å². The third kappa shape index (κ3) is 1.83. The molecular weight excluding hydrogens is 246 g/mol. The van der Waals surface area contributed by atoms with Crippen LogP contribution < -0.4 is 0 Å². The number of hydrogen-bond acceptors (Lipinski definition) is 5. The largest absolute Gasteiger partial charge is 0.478 e. The molecule has 0 amide bonds. The van der Waals surface area contributed by atoms with Gasteiger partial charge in [-0.2, -0.15) is 5.26 Å². The normalized spacial score (nSPS) is 13.0. The van der Waals surface area contributed by atoms with Gasteiger partial charge >= 0.3 is 5.97 Å². The summed E-state index contributed by atoms with van der Waals surface area (Å²) < 4.78 is 1.24. The topological polar surface area (TPSA) is 105 Å². The number of aryl methyl sites for hydroxylation is 2. The van der Waals surface area contributed by atoms with Gasteiger partial charge in [0.15, 0.2) is 5.82 Å². The molecule has 0 unspecified atom stereocenters. The highest BCUT2D eigenvalue weighted by Gasteiger charge is 2.21. The van der Waals surface area contributed by atoms with Gasteiger partial charge in [0.2, 0.25) is 0 Å². The Bertz CT molecular complexity index is 713. The molecule has 0 radical (unpaired) electrons. The molecule has 2 aromatic rings. The van der Waals surface area contributed by atoms with Crippen LogP contribution in [-0.2, 0) is 12.8 Å². The number of carboxylic acids is 1. The molecule has 2 heterocycles. The number of aromatic carboxylic acids is 1. The van der Waals surface area contributed by atoms with E-state index in [1.54, 1.807) is 12.1 Å². The summed E-state index contributed by atoms with van der Waals surface area (Å²) in [7, 11) is 0. The molecule has 0 spiro atoms.